The van der Waals surface area contributed by atoms with E-state index in [-0.39, 0.29) is 18.5 Å². The SMILES string of the molecule is O=C(COC(=O)C1CC1)NNC(=O)COc1ccc(Cl)cc1. The van der Waals surface area contributed by atoms with Crippen molar-refractivity contribution >= 4 is 29.4 Å². The molecule has 2 rings (SSSR count). The van der Waals surface area contributed by atoms with E-state index < -0.39 is 18.4 Å². The normalized spacial score (nSPS) is 13.1. The van der Waals surface area contributed by atoms with Crippen LogP contribution in [-0.4, -0.2) is 31.0 Å². The van der Waals surface area contributed by atoms with E-state index in [4.69, 9.17) is 21.1 Å². The number of benzene rings is 1. The molecule has 22 heavy (non-hydrogen) atoms. The van der Waals surface area contributed by atoms with E-state index >= 15 is 0 Å². The number of ether oxygens (including phenoxy) is 2. The van der Waals surface area contributed by atoms with Gasteiger partial charge in [0.25, 0.3) is 11.8 Å². The minimum Gasteiger partial charge on any atom is -0.484 e. The summed E-state index contributed by atoms with van der Waals surface area (Å²) in [6.45, 7) is -0.697. The fourth-order valence-corrected chi connectivity index (χ4v) is 1.59. The summed E-state index contributed by atoms with van der Waals surface area (Å²) in [5, 5.41) is 0.560. The van der Waals surface area contributed by atoms with Gasteiger partial charge in [-0.05, 0) is 37.1 Å². The molecule has 2 N–H and O–H groups in total. The summed E-state index contributed by atoms with van der Waals surface area (Å²) in [6, 6.07) is 6.49. The van der Waals surface area contributed by atoms with Crippen LogP contribution < -0.4 is 15.6 Å². The summed E-state index contributed by atoms with van der Waals surface area (Å²) in [6.07, 6.45) is 1.61. The number of hydrogen-bond donors (Lipinski definition) is 2. The van der Waals surface area contributed by atoms with E-state index in [0.717, 1.165) is 12.8 Å². The minimum absolute atomic E-state index is 0.0739. The highest BCUT2D eigenvalue weighted by Crippen LogP contribution is 2.29. The molecule has 0 bridgehead atoms. The number of hydrogen-bond acceptors (Lipinski definition) is 5. The first-order chi connectivity index (χ1) is 10.5. The van der Waals surface area contributed by atoms with Gasteiger partial charge < -0.3 is 9.47 Å². The van der Waals surface area contributed by atoms with Crippen molar-refractivity contribution in [2.75, 3.05) is 13.2 Å². The molecule has 1 aliphatic rings. The van der Waals surface area contributed by atoms with Crippen LogP contribution in [0.4, 0.5) is 0 Å². The van der Waals surface area contributed by atoms with Crippen LogP contribution in [0.1, 0.15) is 12.8 Å². The molecule has 0 atom stereocenters. The summed E-state index contributed by atoms with van der Waals surface area (Å²) in [5.74, 6) is -1.14. The average Bonchev–Trinajstić information content (AvgIpc) is 3.35. The second-order valence-corrected chi connectivity index (χ2v) is 5.16. The fourth-order valence-electron chi connectivity index (χ4n) is 1.46. The number of hydrazine groups is 1. The molecule has 8 heteroatoms. The summed E-state index contributed by atoms with van der Waals surface area (Å²) in [7, 11) is 0. The quantitative estimate of drug-likeness (QED) is 0.596. The highest BCUT2D eigenvalue weighted by Gasteiger charge is 2.31. The van der Waals surface area contributed by atoms with Gasteiger partial charge in [-0.1, -0.05) is 11.6 Å². The number of nitrogens with one attached hydrogen (secondary N) is 2. The van der Waals surface area contributed by atoms with Crippen molar-refractivity contribution in [3.8, 4) is 5.75 Å². The standard InChI is InChI=1S/C14H15ClN2O5/c15-10-3-5-11(6-4-10)21-7-12(18)16-17-13(19)8-22-14(20)9-1-2-9/h3-6,9H,1-2,7-8H2,(H,16,18)(H,17,19). The third-order valence-electron chi connectivity index (χ3n) is 2.78. The van der Waals surface area contributed by atoms with Gasteiger partial charge in [0, 0.05) is 5.02 Å². The Morgan fingerprint density at radius 2 is 1.64 bits per heavy atom. The Hall–Kier alpha value is -2.28. The maximum absolute atomic E-state index is 11.5. The molecule has 0 heterocycles. The lowest BCUT2D eigenvalue weighted by Crippen LogP contribution is -2.45. The third-order valence-corrected chi connectivity index (χ3v) is 3.03. The van der Waals surface area contributed by atoms with Gasteiger partial charge in [0.05, 0.1) is 5.92 Å². The lowest BCUT2D eigenvalue weighted by atomic mass is 10.3. The van der Waals surface area contributed by atoms with E-state index in [1.54, 1.807) is 24.3 Å². The second kappa shape index (κ2) is 7.65. The van der Waals surface area contributed by atoms with Gasteiger partial charge in [-0.2, -0.15) is 0 Å². The zero-order valence-electron chi connectivity index (χ0n) is 11.6. The van der Waals surface area contributed by atoms with Crippen LogP contribution in [0.2, 0.25) is 5.02 Å². The molecule has 0 saturated heterocycles. The van der Waals surface area contributed by atoms with E-state index in [0.29, 0.717) is 10.8 Å². The highest BCUT2D eigenvalue weighted by molar-refractivity contribution is 6.30. The van der Waals surface area contributed by atoms with Gasteiger partial charge in [0.1, 0.15) is 5.75 Å². The van der Waals surface area contributed by atoms with Gasteiger partial charge in [-0.15, -0.1) is 0 Å². The molecule has 0 spiro atoms. The summed E-state index contributed by atoms with van der Waals surface area (Å²) >= 11 is 5.72. The molecule has 1 fully saturated rings. The van der Waals surface area contributed by atoms with Gasteiger partial charge in [-0.3, -0.25) is 25.2 Å². The number of rotatable bonds is 6. The Morgan fingerprint density at radius 1 is 1.05 bits per heavy atom. The van der Waals surface area contributed by atoms with Crippen molar-refractivity contribution in [1.29, 1.82) is 0 Å². The van der Waals surface area contributed by atoms with Gasteiger partial charge in [0.15, 0.2) is 13.2 Å². The Bertz CT molecular complexity index is 557. The lowest BCUT2D eigenvalue weighted by molar-refractivity contribution is -0.150. The molecular weight excluding hydrogens is 312 g/mol. The second-order valence-electron chi connectivity index (χ2n) is 4.72. The van der Waals surface area contributed by atoms with Crippen molar-refractivity contribution in [3.63, 3.8) is 0 Å². The molecule has 1 aliphatic carbocycles. The molecular formula is C14H15ClN2O5. The van der Waals surface area contributed by atoms with Crippen molar-refractivity contribution in [2.45, 2.75) is 12.8 Å². The summed E-state index contributed by atoms with van der Waals surface area (Å²) < 4.78 is 9.94. The summed E-state index contributed by atoms with van der Waals surface area (Å²) in [5.41, 5.74) is 4.28. The number of carbonyl (C=O) groups excluding carboxylic acids is 3. The van der Waals surface area contributed by atoms with Crippen LogP contribution in [0, 0.1) is 5.92 Å². The predicted octanol–water partition coefficient (Wildman–Crippen LogP) is 0.819. The molecule has 118 valence electrons. The van der Waals surface area contributed by atoms with Gasteiger partial charge in [-0.25, -0.2) is 0 Å². The molecule has 1 aromatic rings. The van der Waals surface area contributed by atoms with Gasteiger partial charge >= 0.3 is 5.97 Å². The lowest BCUT2D eigenvalue weighted by Gasteiger charge is -2.09. The van der Waals surface area contributed by atoms with Crippen LogP contribution >= 0.6 is 11.6 Å². The molecule has 0 aliphatic heterocycles. The van der Waals surface area contributed by atoms with Crippen LogP contribution in [0.15, 0.2) is 24.3 Å². The Labute approximate surface area is 131 Å². The number of halogens is 1. The summed E-state index contributed by atoms with van der Waals surface area (Å²) in [4.78, 5) is 34.0. The van der Waals surface area contributed by atoms with Crippen molar-refractivity contribution < 1.29 is 23.9 Å². The maximum Gasteiger partial charge on any atom is 0.309 e. The van der Waals surface area contributed by atoms with E-state index in [2.05, 4.69) is 10.9 Å². The molecule has 0 radical (unpaired) electrons. The first kappa shape index (κ1) is 16.1. The zero-order chi connectivity index (χ0) is 15.9. The van der Waals surface area contributed by atoms with Crippen LogP contribution in [-0.2, 0) is 19.1 Å². The maximum atomic E-state index is 11.5. The number of esters is 1. The van der Waals surface area contributed by atoms with Crippen molar-refractivity contribution in [1.82, 2.24) is 10.9 Å². The van der Waals surface area contributed by atoms with Crippen LogP contribution in [0.5, 0.6) is 5.75 Å². The molecule has 1 aromatic carbocycles. The largest absolute Gasteiger partial charge is 0.484 e. The molecule has 0 aromatic heterocycles. The van der Waals surface area contributed by atoms with Crippen molar-refractivity contribution in [3.05, 3.63) is 29.3 Å². The third kappa shape index (κ3) is 5.61. The smallest absolute Gasteiger partial charge is 0.309 e. The van der Waals surface area contributed by atoms with E-state index in [1.165, 1.54) is 0 Å². The fraction of sp³-hybridized carbons (Fsp3) is 0.357. The molecule has 7 nitrogen and oxygen atoms in total. The van der Waals surface area contributed by atoms with Crippen LogP contribution in [0.25, 0.3) is 0 Å². The Balaban J connectivity index is 1.59. The molecule has 0 unspecified atom stereocenters. The highest BCUT2D eigenvalue weighted by atomic mass is 35.5. The predicted molar refractivity (Wildman–Crippen MR) is 76.9 cm³/mol. The average molecular weight is 327 g/mol. The number of carbonyl (C=O) groups is 3. The Kier molecular flexibility index (Phi) is 5.60. The zero-order valence-corrected chi connectivity index (χ0v) is 12.4. The van der Waals surface area contributed by atoms with Gasteiger partial charge in [0.2, 0.25) is 0 Å². The van der Waals surface area contributed by atoms with Crippen molar-refractivity contribution in [2.24, 2.45) is 5.92 Å². The monoisotopic (exact) mass is 326 g/mol. The topological polar surface area (TPSA) is 93.7 Å². The minimum atomic E-state index is -0.617. The van der Waals surface area contributed by atoms with Crippen LogP contribution in [0.3, 0.4) is 0 Å². The molecule has 2 amide bonds. The first-order valence-electron chi connectivity index (χ1n) is 6.67. The number of amides is 2. The first-order valence-corrected chi connectivity index (χ1v) is 7.05. The Morgan fingerprint density at radius 3 is 2.23 bits per heavy atom. The van der Waals surface area contributed by atoms with E-state index in [9.17, 15) is 14.4 Å². The molecule has 1 saturated carbocycles. The van der Waals surface area contributed by atoms with E-state index in [1.807, 2.05) is 0 Å².